The molecule has 1 saturated carbocycles. The molecule has 6 heteroatoms. The monoisotopic (exact) mass is 366 g/mol. The third-order valence-electron chi connectivity index (χ3n) is 5.67. The predicted molar refractivity (Wildman–Crippen MR) is 99.5 cm³/mol. The zero-order valence-corrected chi connectivity index (χ0v) is 16.1. The number of likely N-dealkylation sites (N-methyl/N-ethyl adjacent to an activating group) is 1. The number of nitrogens with zero attached hydrogens (tertiary/aromatic N) is 1. The summed E-state index contributed by atoms with van der Waals surface area (Å²) < 4.78 is 26.3. The highest BCUT2D eigenvalue weighted by molar-refractivity contribution is 7.92. The molecule has 3 rings (SSSR count). The summed E-state index contributed by atoms with van der Waals surface area (Å²) in [5.74, 6) is 0. The van der Waals surface area contributed by atoms with Gasteiger partial charge in [0.15, 0.2) is 9.84 Å². The number of benzene rings is 1. The maximum atomic E-state index is 13.1. The summed E-state index contributed by atoms with van der Waals surface area (Å²) in [5.41, 5.74) is 0.314. The van der Waals surface area contributed by atoms with Crippen LogP contribution in [0.15, 0.2) is 29.2 Å². The third kappa shape index (κ3) is 4.25. The first-order valence-electron chi connectivity index (χ1n) is 9.25. The van der Waals surface area contributed by atoms with Crippen molar-refractivity contribution in [2.24, 2.45) is 0 Å². The van der Waals surface area contributed by atoms with E-state index in [9.17, 15) is 13.5 Å². The van der Waals surface area contributed by atoms with Gasteiger partial charge in [0.05, 0.1) is 15.7 Å². The van der Waals surface area contributed by atoms with E-state index in [1.807, 2.05) is 26.1 Å². The fraction of sp³-hybridized carbons (Fsp3) is 0.684. The van der Waals surface area contributed by atoms with Crippen molar-refractivity contribution in [3.63, 3.8) is 0 Å². The molecule has 1 heterocycles. The fourth-order valence-electron chi connectivity index (χ4n) is 4.13. The highest BCUT2D eigenvalue weighted by Gasteiger charge is 2.39. The maximum Gasteiger partial charge on any atom is 0.182 e. The molecule has 5 nitrogen and oxygen atoms in total. The van der Waals surface area contributed by atoms with Gasteiger partial charge in [0.25, 0.3) is 0 Å². The molecule has 25 heavy (non-hydrogen) atoms. The molecule has 3 unspecified atom stereocenters. The molecule has 0 bridgehead atoms. The van der Waals surface area contributed by atoms with Crippen LogP contribution in [0, 0.1) is 6.92 Å². The van der Waals surface area contributed by atoms with Crippen molar-refractivity contribution in [1.29, 1.82) is 0 Å². The normalized spacial score (nSPS) is 31.3. The smallest absolute Gasteiger partial charge is 0.182 e. The summed E-state index contributed by atoms with van der Waals surface area (Å²) in [6.07, 6.45) is 4.25. The number of hydrogen-bond acceptors (Lipinski definition) is 5. The number of likely N-dealkylation sites (tertiary alicyclic amines) is 1. The van der Waals surface area contributed by atoms with Crippen LogP contribution >= 0.6 is 0 Å². The largest absolute Gasteiger partial charge is 0.387 e. The first kappa shape index (κ1) is 18.8. The standard InChI is InChI=1S/C19H30N2O3S/c1-15-7-9-16(10-8-15)25(23,24)18-6-4-3-5-17(18)20-13-19(22)11-12-21(2)14-19/h7-10,17-18,20,22H,3-6,11-14H2,1-2H3. The van der Waals surface area contributed by atoms with E-state index in [1.165, 1.54) is 0 Å². The number of rotatable bonds is 5. The van der Waals surface area contributed by atoms with Gasteiger partial charge in [-0.15, -0.1) is 0 Å². The van der Waals surface area contributed by atoms with Crippen molar-refractivity contribution >= 4 is 9.84 Å². The Morgan fingerprint density at radius 1 is 1.24 bits per heavy atom. The van der Waals surface area contributed by atoms with Gasteiger partial charge >= 0.3 is 0 Å². The lowest BCUT2D eigenvalue weighted by atomic mass is 9.93. The average Bonchev–Trinajstić information content (AvgIpc) is 2.93. The molecule has 1 saturated heterocycles. The number of nitrogens with one attached hydrogen (secondary N) is 1. The summed E-state index contributed by atoms with van der Waals surface area (Å²) >= 11 is 0. The van der Waals surface area contributed by atoms with Crippen molar-refractivity contribution in [3.8, 4) is 0 Å². The van der Waals surface area contributed by atoms with E-state index in [-0.39, 0.29) is 6.04 Å². The number of β-amino-alcohol motifs (C(OH)–C–C–N with tert-alkyl or cyclic N) is 1. The Balaban J connectivity index is 1.73. The molecule has 0 radical (unpaired) electrons. The molecule has 1 aromatic rings. The van der Waals surface area contributed by atoms with Crippen LogP contribution in [0.2, 0.25) is 0 Å². The second-order valence-corrected chi connectivity index (χ2v) is 10.0. The van der Waals surface area contributed by atoms with Gasteiger partial charge in [-0.25, -0.2) is 8.42 Å². The molecular weight excluding hydrogens is 336 g/mol. The van der Waals surface area contributed by atoms with Crippen LogP contribution in [0.3, 0.4) is 0 Å². The molecule has 2 aliphatic rings. The van der Waals surface area contributed by atoms with Crippen LogP contribution in [-0.2, 0) is 9.84 Å². The van der Waals surface area contributed by atoms with E-state index in [2.05, 4.69) is 10.2 Å². The number of aryl methyl sites for hydroxylation is 1. The summed E-state index contributed by atoms with van der Waals surface area (Å²) in [4.78, 5) is 2.53. The van der Waals surface area contributed by atoms with Gasteiger partial charge in [-0.05, 0) is 45.4 Å². The van der Waals surface area contributed by atoms with E-state index in [1.54, 1.807) is 12.1 Å². The van der Waals surface area contributed by atoms with Crippen LogP contribution in [0.1, 0.15) is 37.7 Å². The Labute approximate surface area is 151 Å². The Bertz CT molecular complexity index is 689. The first-order chi connectivity index (χ1) is 11.8. The molecule has 140 valence electrons. The van der Waals surface area contributed by atoms with Gasteiger partial charge in [-0.2, -0.15) is 0 Å². The van der Waals surface area contributed by atoms with Crippen LogP contribution in [-0.4, -0.2) is 62.0 Å². The Morgan fingerprint density at radius 3 is 2.56 bits per heavy atom. The highest BCUT2D eigenvalue weighted by Crippen LogP contribution is 2.30. The van der Waals surface area contributed by atoms with Gasteiger partial charge in [-0.3, -0.25) is 0 Å². The van der Waals surface area contributed by atoms with Gasteiger partial charge in [0.1, 0.15) is 0 Å². The fourth-order valence-corrected chi connectivity index (χ4v) is 6.14. The van der Waals surface area contributed by atoms with Gasteiger partial charge in [-0.1, -0.05) is 30.5 Å². The quantitative estimate of drug-likeness (QED) is 0.831. The van der Waals surface area contributed by atoms with Crippen molar-refractivity contribution in [2.75, 3.05) is 26.7 Å². The van der Waals surface area contributed by atoms with Gasteiger partial charge in [0.2, 0.25) is 0 Å². The van der Waals surface area contributed by atoms with Crippen molar-refractivity contribution in [3.05, 3.63) is 29.8 Å². The highest BCUT2D eigenvalue weighted by atomic mass is 32.2. The Kier molecular flexibility index (Phi) is 5.54. The summed E-state index contributed by atoms with van der Waals surface area (Å²) in [6.45, 7) is 3.94. The van der Waals surface area contributed by atoms with Crippen molar-refractivity contribution in [1.82, 2.24) is 10.2 Å². The summed E-state index contributed by atoms with van der Waals surface area (Å²) in [6, 6.07) is 7.06. The second kappa shape index (κ2) is 7.35. The van der Waals surface area contributed by atoms with Gasteiger partial charge < -0.3 is 15.3 Å². The zero-order valence-electron chi connectivity index (χ0n) is 15.2. The lowest BCUT2D eigenvalue weighted by molar-refractivity contribution is 0.0476. The maximum absolute atomic E-state index is 13.1. The van der Waals surface area contributed by atoms with E-state index in [4.69, 9.17) is 0 Å². The first-order valence-corrected chi connectivity index (χ1v) is 10.8. The number of hydrogen-bond donors (Lipinski definition) is 2. The molecule has 1 aliphatic heterocycles. The Hall–Kier alpha value is -0.950. The van der Waals surface area contributed by atoms with Gasteiger partial charge in [0, 0.05) is 25.7 Å². The lowest BCUT2D eigenvalue weighted by Gasteiger charge is -2.34. The number of aliphatic hydroxyl groups is 1. The van der Waals surface area contributed by atoms with Crippen molar-refractivity contribution < 1.29 is 13.5 Å². The van der Waals surface area contributed by atoms with E-state index < -0.39 is 20.7 Å². The molecule has 0 amide bonds. The average molecular weight is 367 g/mol. The minimum Gasteiger partial charge on any atom is -0.387 e. The predicted octanol–water partition coefficient (Wildman–Crippen LogP) is 1.74. The van der Waals surface area contributed by atoms with E-state index in [0.717, 1.165) is 37.8 Å². The van der Waals surface area contributed by atoms with E-state index in [0.29, 0.717) is 24.4 Å². The molecule has 3 atom stereocenters. The summed E-state index contributed by atoms with van der Waals surface area (Å²) in [5, 5.41) is 13.7. The van der Waals surface area contributed by atoms with Crippen molar-refractivity contribution in [2.45, 2.75) is 60.8 Å². The Morgan fingerprint density at radius 2 is 1.92 bits per heavy atom. The molecule has 1 aliphatic carbocycles. The second-order valence-electron chi connectivity index (χ2n) is 7.88. The SMILES string of the molecule is Cc1ccc(S(=O)(=O)C2CCCCC2NCC2(O)CCN(C)C2)cc1. The van der Waals surface area contributed by atoms with Crippen LogP contribution in [0.5, 0.6) is 0 Å². The zero-order chi connectivity index (χ0) is 18.1. The van der Waals surface area contributed by atoms with Crippen LogP contribution in [0.25, 0.3) is 0 Å². The third-order valence-corrected chi connectivity index (χ3v) is 7.96. The minimum atomic E-state index is -3.36. The topological polar surface area (TPSA) is 69.6 Å². The molecule has 0 aromatic heterocycles. The lowest BCUT2D eigenvalue weighted by Crippen LogP contribution is -2.52. The van der Waals surface area contributed by atoms with E-state index >= 15 is 0 Å². The summed E-state index contributed by atoms with van der Waals surface area (Å²) in [7, 11) is -1.36. The molecule has 0 spiro atoms. The molecular formula is C19H30N2O3S. The number of sulfone groups is 1. The molecule has 2 fully saturated rings. The minimum absolute atomic E-state index is 0.0880. The van der Waals surface area contributed by atoms with Crippen LogP contribution < -0.4 is 5.32 Å². The van der Waals surface area contributed by atoms with Crippen LogP contribution in [0.4, 0.5) is 0 Å². The molecule has 2 N–H and O–H groups in total. The molecule has 1 aromatic carbocycles.